The Morgan fingerprint density at radius 2 is 1.87 bits per heavy atom. The van der Waals surface area contributed by atoms with Gasteiger partial charge in [-0.2, -0.15) is 13.2 Å². The Morgan fingerprint density at radius 1 is 1.17 bits per heavy atom. The van der Waals surface area contributed by atoms with E-state index in [-0.39, 0.29) is 10.7 Å². The van der Waals surface area contributed by atoms with Crippen molar-refractivity contribution in [3.8, 4) is 0 Å². The Balaban J connectivity index is 1.92. The highest BCUT2D eigenvalue weighted by Gasteiger charge is 2.32. The molecule has 3 rings (SSSR count). The number of hydrogen-bond donors (Lipinski definition) is 0. The summed E-state index contributed by atoms with van der Waals surface area (Å²) in [6, 6.07) is 8.50. The van der Waals surface area contributed by atoms with E-state index in [2.05, 4.69) is 26.1 Å². The van der Waals surface area contributed by atoms with Crippen LogP contribution in [-0.4, -0.2) is 14.6 Å². The van der Waals surface area contributed by atoms with Gasteiger partial charge in [-0.15, -0.1) is 10.2 Å². The molecule has 0 bridgehead atoms. The second-order valence-corrected chi connectivity index (χ2v) is 6.93. The van der Waals surface area contributed by atoms with Gasteiger partial charge >= 0.3 is 6.18 Å². The summed E-state index contributed by atoms with van der Waals surface area (Å²) in [5.41, 5.74) is 0.395. The molecule has 0 atom stereocenters. The van der Waals surface area contributed by atoms with Crippen molar-refractivity contribution < 1.29 is 13.2 Å². The molecule has 0 saturated heterocycles. The number of aromatic nitrogens is 3. The third kappa shape index (κ3) is 3.64. The van der Waals surface area contributed by atoms with Crippen LogP contribution in [0, 0.1) is 0 Å². The molecule has 0 fully saturated rings. The van der Waals surface area contributed by atoms with Gasteiger partial charge in [0.2, 0.25) is 0 Å². The maximum Gasteiger partial charge on any atom is 0.417 e. The van der Waals surface area contributed by atoms with Crippen molar-refractivity contribution in [3.05, 3.63) is 57.2 Å². The van der Waals surface area contributed by atoms with Crippen LogP contribution >= 0.6 is 39.3 Å². The van der Waals surface area contributed by atoms with E-state index in [4.69, 9.17) is 11.6 Å². The predicted molar refractivity (Wildman–Crippen MR) is 86.7 cm³/mol. The molecule has 0 saturated carbocycles. The van der Waals surface area contributed by atoms with Crippen LogP contribution in [0.5, 0.6) is 0 Å². The van der Waals surface area contributed by atoms with Crippen molar-refractivity contribution in [1.82, 2.24) is 14.6 Å². The van der Waals surface area contributed by atoms with Gasteiger partial charge in [0.25, 0.3) is 0 Å². The number of pyridine rings is 1. The van der Waals surface area contributed by atoms with Crippen molar-refractivity contribution in [1.29, 1.82) is 0 Å². The van der Waals surface area contributed by atoms with E-state index in [1.54, 1.807) is 0 Å². The molecule has 0 unspecified atom stereocenters. The first-order valence-corrected chi connectivity index (χ1v) is 8.49. The van der Waals surface area contributed by atoms with Gasteiger partial charge in [0.05, 0.1) is 10.6 Å². The molecule has 2 heterocycles. The number of nitrogens with zero attached hydrogens (tertiary/aromatic N) is 3. The van der Waals surface area contributed by atoms with E-state index < -0.39 is 11.7 Å². The van der Waals surface area contributed by atoms with Gasteiger partial charge in [-0.05, 0) is 23.8 Å². The Bertz CT molecular complexity index is 849. The van der Waals surface area contributed by atoms with Crippen molar-refractivity contribution in [2.24, 2.45) is 0 Å². The van der Waals surface area contributed by atoms with Crippen molar-refractivity contribution in [2.45, 2.75) is 17.1 Å². The van der Waals surface area contributed by atoms with Crippen LogP contribution in [0.3, 0.4) is 0 Å². The molecular formula is C14H8BrClF3N3S. The third-order valence-electron chi connectivity index (χ3n) is 3.04. The molecule has 3 nitrogen and oxygen atoms in total. The van der Waals surface area contributed by atoms with Gasteiger partial charge in [0.1, 0.15) is 0 Å². The minimum atomic E-state index is -4.48. The molecule has 120 valence electrons. The average Bonchev–Trinajstić information content (AvgIpc) is 2.89. The fraction of sp³-hybridized carbons (Fsp3) is 0.143. The molecule has 0 aliphatic heterocycles. The van der Waals surface area contributed by atoms with E-state index in [1.165, 1.54) is 16.2 Å². The van der Waals surface area contributed by atoms with E-state index >= 15 is 0 Å². The second kappa shape index (κ2) is 6.33. The molecular weight excluding hydrogens is 415 g/mol. The normalized spacial score (nSPS) is 12.0. The molecule has 1 aromatic carbocycles. The minimum absolute atomic E-state index is 0.0807. The SMILES string of the molecule is FC(F)(F)c1cc(Cl)c2nnc(SCc3ccc(Br)cc3)n2c1. The quantitative estimate of drug-likeness (QED) is 0.525. The van der Waals surface area contributed by atoms with Crippen LogP contribution in [0.4, 0.5) is 13.2 Å². The third-order valence-corrected chi connectivity index (χ3v) is 4.86. The number of thioether (sulfide) groups is 1. The van der Waals surface area contributed by atoms with Gasteiger partial charge < -0.3 is 0 Å². The van der Waals surface area contributed by atoms with E-state index in [0.29, 0.717) is 10.9 Å². The highest BCUT2D eigenvalue weighted by Crippen LogP contribution is 2.33. The lowest BCUT2D eigenvalue weighted by Crippen LogP contribution is -2.07. The molecule has 0 amide bonds. The zero-order valence-corrected chi connectivity index (χ0v) is 14.5. The average molecular weight is 423 g/mol. The summed E-state index contributed by atoms with van der Waals surface area (Å²) < 4.78 is 40.9. The lowest BCUT2D eigenvalue weighted by molar-refractivity contribution is -0.137. The fourth-order valence-corrected chi connectivity index (χ4v) is 3.29. The monoisotopic (exact) mass is 421 g/mol. The summed E-state index contributed by atoms with van der Waals surface area (Å²) in [6.45, 7) is 0. The lowest BCUT2D eigenvalue weighted by Gasteiger charge is -2.08. The molecule has 0 radical (unpaired) electrons. The highest BCUT2D eigenvalue weighted by atomic mass is 79.9. The fourth-order valence-electron chi connectivity index (χ4n) is 1.92. The smallest absolute Gasteiger partial charge is 0.276 e. The first kappa shape index (κ1) is 16.6. The molecule has 0 N–H and O–H groups in total. The maximum absolute atomic E-state index is 12.9. The van der Waals surface area contributed by atoms with Crippen LogP contribution in [0.15, 0.2) is 46.2 Å². The van der Waals surface area contributed by atoms with Gasteiger partial charge in [0.15, 0.2) is 10.8 Å². The Labute approximate surface area is 147 Å². The van der Waals surface area contributed by atoms with Gasteiger partial charge in [-0.1, -0.05) is 51.4 Å². The van der Waals surface area contributed by atoms with E-state index in [1.807, 2.05) is 24.3 Å². The number of alkyl halides is 3. The van der Waals surface area contributed by atoms with Gasteiger partial charge in [-0.3, -0.25) is 4.40 Å². The standard InChI is InChI=1S/C14H8BrClF3N3S/c15-10-3-1-8(2-4-10)7-23-13-21-20-12-11(16)5-9(6-22(12)13)14(17,18)19/h1-6H,7H2. The van der Waals surface area contributed by atoms with Crippen molar-refractivity contribution >= 4 is 44.9 Å². The number of benzene rings is 1. The second-order valence-electron chi connectivity index (χ2n) is 4.67. The largest absolute Gasteiger partial charge is 0.417 e. The zero-order valence-electron chi connectivity index (χ0n) is 11.3. The summed E-state index contributed by atoms with van der Waals surface area (Å²) in [4.78, 5) is 0. The maximum atomic E-state index is 12.9. The zero-order chi connectivity index (χ0) is 16.6. The van der Waals surface area contributed by atoms with Crippen LogP contribution in [-0.2, 0) is 11.9 Å². The molecule has 9 heteroatoms. The molecule has 0 aliphatic carbocycles. The number of hydrogen-bond acceptors (Lipinski definition) is 3. The summed E-state index contributed by atoms with van der Waals surface area (Å²) in [5.74, 6) is 0.557. The summed E-state index contributed by atoms with van der Waals surface area (Å²) in [6.07, 6.45) is -3.51. The first-order chi connectivity index (χ1) is 10.8. The topological polar surface area (TPSA) is 30.2 Å². The number of halogens is 5. The van der Waals surface area contributed by atoms with Crippen LogP contribution in [0.2, 0.25) is 5.02 Å². The number of fused-ring (bicyclic) bond motifs is 1. The summed E-state index contributed by atoms with van der Waals surface area (Å²) >= 11 is 10.5. The predicted octanol–water partition coefficient (Wildman–Crippen LogP) is 5.46. The summed E-state index contributed by atoms with van der Waals surface area (Å²) in [7, 11) is 0. The summed E-state index contributed by atoms with van der Waals surface area (Å²) in [5, 5.41) is 8.06. The van der Waals surface area contributed by atoms with Crippen LogP contribution < -0.4 is 0 Å². The van der Waals surface area contributed by atoms with Crippen molar-refractivity contribution in [3.63, 3.8) is 0 Å². The Hall–Kier alpha value is -1.25. The molecule has 3 aromatic rings. The Kier molecular flexibility index (Phi) is 4.57. The van der Waals surface area contributed by atoms with Crippen LogP contribution in [0.25, 0.3) is 5.65 Å². The van der Waals surface area contributed by atoms with Crippen molar-refractivity contribution in [2.75, 3.05) is 0 Å². The van der Waals surface area contributed by atoms with Crippen LogP contribution in [0.1, 0.15) is 11.1 Å². The molecule has 0 aliphatic rings. The highest BCUT2D eigenvalue weighted by molar-refractivity contribution is 9.10. The van der Waals surface area contributed by atoms with Gasteiger partial charge in [0, 0.05) is 16.4 Å². The molecule has 2 aromatic heterocycles. The lowest BCUT2D eigenvalue weighted by atomic mass is 10.2. The molecule has 0 spiro atoms. The van der Waals surface area contributed by atoms with E-state index in [0.717, 1.165) is 22.3 Å². The molecule has 23 heavy (non-hydrogen) atoms. The Morgan fingerprint density at radius 3 is 2.52 bits per heavy atom. The number of rotatable bonds is 3. The first-order valence-electron chi connectivity index (χ1n) is 6.33. The van der Waals surface area contributed by atoms with Gasteiger partial charge in [-0.25, -0.2) is 0 Å². The van der Waals surface area contributed by atoms with E-state index in [9.17, 15) is 13.2 Å². The minimum Gasteiger partial charge on any atom is -0.276 e.